The average molecular weight is 432 g/mol. The molecule has 3 aliphatic rings. The molecule has 0 atom stereocenters. The van der Waals surface area contributed by atoms with E-state index in [0.29, 0.717) is 58.2 Å². The molecule has 3 aliphatic heterocycles. The van der Waals surface area contributed by atoms with Crippen LogP contribution in [0.3, 0.4) is 0 Å². The van der Waals surface area contributed by atoms with Crippen LogP contribution in [0.5, 0.6) is 0 Å². The smallest absolute Gasteiger partial charge is 0.320 e. The van der Waals surface area contributed by atoms with Gasteiger partial charge in [0.1, 0.15) is 0 Å². The van der Waals surface area contributed by atoms with Crippen molar-refractivity contribution in [3.8, 4) is 0 Å². The Balaban J connectivity index is 1.19. The molecule has 0 aromatic carbocycles. The molecule has 0 aliphatic carbocycles. The number of piperazine rings is 1. The second kappa shape index (κ2) is 10.9. The van der Waals surface area contributed by atoms with Crippen LogP contribution in [0, 0.1) is 0 Å². The molecule has 4 rings (SSSR count). The summed E-state index contributed by atoms with van der Waals surface area (Å²) < 4.78 is 10.7. The number of aryl methyl sites for hydroxylation is 1. The Morgan fingerprint density at radius 3 is 2.10 bits per heavy atom. The van der Waals surface area contributed by atoms with Gasteiger partial charge in [0.15, 0.2) is 0 Å². The molecule has 3 fully saturated rings. The molecule has 1 aromatic heterocycles. The van der Waals surface area contributed by atoms with E-state index in [1.165, 1.54) is 0 Å². The second-order valence-corrected chi connectivity index (χ2v) is 8.30. The van der Waals surface area contributed by atoms with Crippen LogP contribution in [0.2, 0.25) is 0 Å². The summed E-state index contributed by atoms with van der Waals surface area (Å²) in [6.07, 6.45) is 5.42. The SMILES string of the molecule is O=C(c1cncc(CCCN2CCN(C(=O)N3CCOCC3)CC2)c1)N1CCOCC1. The summed E-state index contributed by atoms with van der Waals surface area (Å²) in [6, 6.07) is 2.12. The molecule has 4 heterocycles. The number of hydrogen-bond donors (Lipinski definition) is 0. The first-order valence-electron chi connectivity index (χ1n) is 11.4. The van der Waals surface area contributed by atoms with Crippen molar-refractivity contribution in [3.05, 3.63) is 29.6 Å². The Kier molecular flexibility index (Phi) is 7.71. The highest BCUT2D eigenvalue weighted by Crippen LogP contribution is 2.12. The second-order valence-electron chi connectivity index (χ2n) is 8.30. The van der Waals surface area contributed by atoms with E-state index in [1.54, 1.807) is 6.20 Å². The first kappa shape index (κ1) is 22.0. The van der Waals surface area contributed by atoms with E-state index >= 15 is 0 Å². The average Bonchev–Trinajstić information content (AvgIpc) is 2.85. The van der Waals surface area contributed by atoms with Gasteiger partial charge in [-0.3, -0.25) is 14.7 Å². The first-order valence-corrected chi connectivity index (χ1v) is 11.4. The van der Waals surface area contributed by atoms with Crippen molar-refractivity contribution < 1.29 is 19.1 Å². The van der Waals surface area contributed by atoms with Crippen LogP contribution in [-0.2, 0) is 15.9 Å². The molecule has 0 unspecified atom stereocenters. The van der Waals surface area contributed by atoms with Crippen LogP contribution in [0.25, 0.3) is 0 Å². The minimum Gasteiger partial charge on any atom is -0.378 e. The highest BCUT2D eigenvalue weighted by Gasteiger charge is 2.26. The number of ether oxygens (including phenoxy) is 2. The summed E-state index contributed by atoms with van der Waals surface area (Å²) in [5.74, 6) is 0.0405. The summed E-state index contributed by atoms with van der Waals surface area (Å²) in [4.78, 5) is 37.7. The fourth-order valence-corrected chi connectivity index (χ4v) is 4.31. The normalized spacial score (nSPS) is 20.7. The molecule has 170 valence electrons. The van der Waals surface area contributed by atoms with Gasteiger partial charge in [0.05, 0.1) is 32.0 Å². The lowest BCUT2D eigenvalue weighted by molar-refractivity contribution is 0.0302. The van der Waals surface area contributed by atoms with E-state index in [9.17, 15) is 9.59 Å². The topological polar surface area (TPSA) is 78.5 Å². The Morgan fingerprint density at radius 2 is 1.42 bits per heavy atom. The first-order chi connectivity index (χ1) is 15.2. The molecule has 3 amide bonds. The molecule has 3 saturated heterocycles. The predicted octanol–water partition coefficient (Wildman–Crippen LogP) is 0.556. The number of amides is 3. The number of rotatable bonds is 5. The number of pyridine rings is 1. The lowest BCUT2D eigenvalue weighted by Crippen LogP contribution is -2.54. The van der Waals surface area contributed by atoms with Crippen LogP contribution in [0.4, 0.5) is 4.79 Å². The van der Waals surface area contributed by atoms with Crippen LogP contribution < -0.4 is 0 Å². The Morgan fingerprint density at radius 1 is 0.806 bits per heavy atom. The molecular formula is C22H33N5O4. The standard InChI is InChI=1S/C22H33N5O4/c28-21(25-8-12-30-13-9-25)20-16-19(17-23-18-20)2-1-3-24-4-6-26(7-5-24)22(29)27-10-14-31-15-11-27/h16-18H,1-15H2. The van der Waals surface area contributed by atoms with Gasteiger partial charge in [-0.25, -0.2) is 4.79 Å². The van der Waals surface area contributed by atoms with Gasteiger partial charge in [-0.2, -0.15) is 0 Å². The van der Waals surface area contributed by atoms with Crippen LogP contribution in [0.15, 0.2) is 18.5 Å². The molecule has 9 heteroatoms. The largest absolute Gasteiger partial charge is 0.378 e. The molecule has 31 heavy (non-hydrogen) atoms. The van der Waals surface area contributed by atoms with Gasteiger partial charge in [0, 0.05) is 64.8 Å². The molecule has 0 N–H and O–H groups in total. The van der Waals surface area contributed by atoms with E-state index in [2.05, 4.69) is 9.88 Å². The third-order valence-corrected chi connectivity index (χ3v) is 6.20. The van der Waals surface area contributed by atoms with Crippen molar-refractivity contribution in [3.63, 3.8) is 0 Å². The van der Waals surface area contributed by atoms with Crippen LogP contribution >= 0.6 is 0 Å². The van der Waals surface area contributed by atoms with Gasteiger partial charge in [0.25, 0.3) is 5.91 Å². The number of aromatic nitrogens is 1. The quantitative estimate of drug-likeness (QED) is 0.678. The van der Waals surface area contributed by atoms with Gasteiger partial charge < -0.3 is 24.2 Å². The summed E-state index contributed by atoms with van der Waals surface area (Å²) in [6.45, 7) is 9.51. The van der Waals surface area contributed by atoms with E-state index in [1.807, 2.05) is 27.0 Å². The fraction of sp³-hybridized carbons (Fsp3) is 0.682. The Hall–Kier alpha value is -2.23. The third kappa shape index (κ3) is 5.93. The maximum absolute atomic E-state index is 12.7. The summed E-state index contributed by atoms with van der Waals surface area (Å²) in [5, 5.41) is 0. The predicted molar refractivity (Wildman–Crippen MR) is 115 cm³/mol. The van der Waals surface area contributed by atoms with E-state index < -0.39 is 0 Å². The monoisotopic (exact) mass is 431 g/mol. The Labute approximate surface area is 183 Å². The molecule has 0 radical (unpaired) electrons. The van der Waals surface area contributed by atoms with E-state index in [4.69, 9.17) is 9.47 Å². The van der Waals surface area contributed by atoms with Crippen LogP contribution in [-0.4, -0.2) is 122 Å². The zero-order valence-electron chi connectivity index (χ0n) is 18.2. The Bertz CT molecular complexity index is 741. The van der Waals surface area contributed by atoms with Crippen molar-refractivity contribution in [1.82, 2.24) is 24.6 Å². The van der Waals surface area contributed by atoms with Crippen molar-refractivity contribution >= 4 is 11.9 Å². The number of carbonyl (C=O) groups is 2. The van der Waals surface area contributed by atoms with Crippen molar-refractivity contribution in [1.29, 1.82) is 0 Å². The zero-order chi connectivity index (χ0) is 21.5. The maximum atomic E-state index is 12.7. The van der Waals surface area contributed by atoms with Gasteiger partial charge >= 0.3 is 6.03 Å². The molecule has 9 nitrogen and oxygen atoms in total. The highest BCUT2D eigenvalue weighted by atomic mass is 16.5. The number of urea groups is 1. The molecule has 0 bridgehead atoms. The van der Waals surface area contributed by atoms with Crippen molar-refractivity contribution in [2.45, 2.75) is 12.8 Å². The summed E-state index contributed by atoms with van der Waals surface area (Å²) in [5.41, 5.74) is 1.76. The molecule has 1 aromatic rings. The van der Waals surface area contributed by atoms with Gasteiger partial charge in [0.2, 0.25) is 0 Å². The molecule has 0 saturated carbocycles. The van der Waals surface area contributed by atoms with Crippen LogP contribution in [0.1, 0.15) is 22.3 Å². The van der Waals surface area contributed by atoms with Crippen molar-refractivity contribution in [2.24, 2.45) is 0 Å². The van der Waals surface area contributed by atoms with Gasteiger partial charge in [-0.1, -0.05) is 0 Å². The summed E-state index contributed by atoms with van der Waals surface area (Å²) >= 11 is 0. The van der Waals surface area contributed by atoms with Crippen molar-refractivity contribution in [2.75, 3.05) is 85.3 Å². The summed E-state index contributed by atoms with van der Waals surface area (Å²) in [7, 11) is 0. The number of morpholine rings is 2. The van der Waals surface area contributed by atoms with E-state index in [-0.39, 0.29) is 11.9 Å². The lowest BCUT2D eigenvalue weighted by atomic mass is 10.1. The maximum Gasteiger partial charge on any atom is 0.320 e. The minimum absolute atomic E-state index is 0.0405. The van der Waals surface area contributed by atoms with Gasteiger partial charge in [-0.15, -0.1) is 0 Å². The molecular weight excluding hydrogens is 398 g/mol. The van der Waals surface area contributed by atoms with Gasteiger partial charge in [-0.05, 0) is 31.0 Å². The minimum atomic E-state index is 0.0405. The molecule has 0 spiro atoms. The number of carbonyl (C=O) groups excluding carboxylic acids is 2. The zero-order valence-corrected chi connectivity index (χ0v) is 18.2. The number of hydrogen-bond acceptors (Lipinski definition) is 6. The number of nitrogens with zero attached hydrogens (tertiary/aromatic N) is 5. The lowest BCUT2D eigenvalue weighted by Gasteiger charge is -2.38. The fourth-order valence-electron chi connectivity index (χ4n) is 4.31. The highest BCUT2D eigenvalue weighted by molar-refractivity contribution is 5.94. The third-order valence-electron chi connectivity index (χ3n) is 6.20. The van der Waals surface area contributed by atoms with E-state index in [0.717, 1.165) is 51.1 Å².